The lowest BCUT2D eigenvalue weighted by Crippen LogP contribution is -1.90. The van der Waals surface area contributed by atoms with E-state index in [1.165, 1.54) is 0 Å². The third-order valence-electron chi connectivity index (χ3n) is 1.98. The fraction of sp³-hybridized carbons (Fsp3) is 0.400. The number of nitrogens with zero attached hydrogens (tertiary/aromatic N) is 2. The molecule has 3 nitrogen and oxygen atoms in total. The van der Waals surface area contributed by atoms with Crippen LogP contribution in [0.3, 0.4) is 0 Å². The SMILES string of the molecule is CC(=O)C(C)=Cc1cn(C)nc1C. The quantitative estimate of drug-likeness (QED) is 0.646. The van der Waals surface area contributed by atoms with Crippen LogP contribution in [0.5, 0.6) is 0 Å². The van der Waals surface area contributed by atoms with E-state index in [9.17, 15) is 4.79 Å². The topological polar surface area (TPSA) is 34.9 Å². The first-order chi connectivity index (χ1) is 6.00. The lowest BCUT2D eigenvalue weighted by molar-refractivity contribution is -0.113. The smallest absolute Gasteiger partial charge is 0.155 e. The lowest BCUT2D eigenvalue weighted by Gasteiger charge is -1.92. The van der Waals surface area contributed by atoms with Crippen LogP contribution in [0.2, 0.25) is 0 Å². The molecule has 0 atom stereocenters. The molecule has 0 N–H and O–H groups in total. The van der Waals surface area contributed by atoms with E-state index in [0.29, 0.717) is 0 Å². The highest BCUT2D eigenvalue weighted by Gasteiger charge is 2.02. The molecule has 0 radical (unpaired) electrons. The molecule has 13 heavy (non-hydrogen) atoms. The molecule has 70 valence electrons. The fourth-order valence-corrected chi connectivity index (χ4v) is 1.09. The third kappa shape index (κ3) is 2.28. The van der Waals surface area contributed by atoms with Crippen LogP contribution in [0.1, 0.15) is 25.1 Å². The number of carbonyl (C=O) groups excluding carboxylic acids is 1. The second-order valence-electron chi connectivity index (χ2n) is 3.23. The predicted molar refractivity (Wildman–Crippen MR) is 52.3 cm³/mol. The monoisotopic (exact) mass is 178 g/mol. The van der Waals surface area contributed by atoms with Gasteiger partial charge >= 0.3 is 0 Å². The summed E-state index contributed by atoms with van der Waals surface area (Å²) in [6.07, 6.45) is 3.77. The van der Waals surface area contributed by atoms with Gasteiger partial charge < -0.3 is 0 Å². The molecule has 0 aromatic carbocycles. The van der Waals surface area contributed by atoms with Crippen LogP contribution in [0.15, 0.2) is 11.8 Å². The molecule has 1 heterocycles. The molecule has 0 unspecified atom stereocenters. The van der Waals surface area contributed by atoms with Crippen molar-refractivity contribution in [3.8, 4) is 0 Å². The maximum atomic E-state index is 11.0. The Balaban J connectivity index is 3.03. The van der Waals surface area contributed by atoms with E-state index in [4.69, 9.17) is 0 Å². The molecule has 3 heteroatoms. The Kier molecular flexibility index (Phi) is 2.66. The van der Waals surface area contributed by atoms with Gasteiger partial charge in [-0.1, -0.05) is 0 Å². The molecular formula is C10H14N2O. The first-order valence-corrected chi connectivity index (χ1v) is 4.20. The molecule has 0 amide bonds. The number of aryl methyl sites for hydroxylation is 2. The van der Waals surface area contributed by atoms with Crippen LogP contribution in [0.25, 0.3) is 6.08 Å². The van der Waals surface area contributed by atoms with Gasteiger partial charge in [0.15, 0.2) is 5.78 Å². The van der Waals surface area contributed by atoms with Crippen LogP contribution in [-0.2, 0) is 11.8 Å². The Hall–Kier alpha value is -1.38. The third-order valence-corrected chi connectivity index (χ3v) is 1.98. The highest BCUT2D eigenvalue weighted by molar-refractivity contribution is 5.97. The number of rotatable bonds is 2. The van der Waals surface area contributed by atoms with Gasteiger partial charge in [0.25, 0.3) is 0 Å². The first-order valence-electron chi connectivity index (χ1n) is 4.20. The predicted octanol–water partition coefficient (Wildman–Crippen LogP) is 1.72. The Labute approximate surface area is 78.1 Å². The minimum absolute atomic E-state index is 0.100. The summed E-state index contributed by atoms with van der Waals surface area (Å²) in [6.45, 7) is 5.31. The van der Waals surface area contributed by atoms with E-state index in [-0.39, 0.29) is 5.78 Å². The molecule has 1 aromatic rings. The molecule has 0 fully saturated rings. The average molecular weight is 178 g/mol. The molecule has 0 saturated heterocycles. The van der Waals surface area contributed by atoms with E-state index in [1.54, 1.807) is 11.6 Å². The Morgan fingerprint density at radius 3 is 2.54 bits per heavy atom. The van der Waals surface area contributed by atoms with Crippen LogP contribution < -0.4 is 0 Å². The summed E-state index contributed by atoms with van der Waals surface area (Å²) in [4.78, 5) is 11.0. The van der Waals surface area contributed by atoms with Crippen LogP contribution in [0.4, 0.5) is 0 Å². The normalized spacial score (nSPS) is 11.8. The molecule has 0 aliphatic carbocycles. The van der Waals surface area contributed by atoms with Gasteiger partial charge in [-0.05, 0) is 32.4 Å². The largest absolute Gasteiger partial charge is 0.295 e. The van der Waals surface area contributed by atoms with Crippen LogP contribution >= 0.6 is 0 Å². The van der Waals surface area contributed by atoms with Gasteiger partial charge in [-0.15, -0.1) is 0 Å². The lowest BCUT2D eigenvalue weighted by atomic mass is 10.1. The number of hydrogen-bond donors (Lipinski definition) is 0. The average Bonchev–Trinajstić information content (AvgIpc) is 2.30. The van der Waals surface area contributed by atoms with Gasteiger partial charge in [0.2, 0.25) is 0 Å². The van der Waals surface area contributed by atoms with E-state index in [0.717, 1.165) is 16.8 Å². The molecule has 0 saturated carbocycles. The summed E-state index contributed by atoms with van der Waals surface area (Å²) >= 11 is 0. The summed E-state index contributed by atoms with van der Waals surface area (Å²) in [5.41, 5.74) is 2.72. The summed E-state index contributed by atoms with van der Waals surface area (Å²) in [7, 11) is 1.87. The Morgan fingerprint density at radius 1 is 1.54 bits per heavy atom. The first kappa shape index (κ1) is 9.71. The zero-order chi connectivity index (χ0) is 10.0. The zero-order valence-corrected chi connectivity index (χ0v) is 8.46. The Bertz CT molecular complexity index is 361. The Morgan fingerprint density at radius 2 is 2.15 bits per heavy atom. The van der Waals surface area contributed by atoms with Gasteiger partial charge in [-0.3, -0.25) is 9.48 Å². The maximum absolute atomic E-state index is 11.0. The molecule has 0 aliphatic rings. The van der Waals surface area contributed by atoms with Gasteiger partial charge in [-0.25, -0.2) is 0 Å². The zero-order valence-electron chi connectivity index (χ0n) is 8.46. The maximum Gasteiger partial charge on any atom is 0.155 e. The van der Waals surface area contributed by atoms with E-state index >= 15 is 0 Å². The van der Waals surface area contributed by atoms with E-state index in [1.807, 2.05) is 33.2 Å². The second-order valence-corrected chi connectivity index (χ2v) is 3.23. The molecule has 1 aromatic heterocycles. The standard InChI is InChI=1S/C10H14N2O/c1-7(9(3)13)5-10-6-12(4)11-8(10)2/h5-6H,1-4H3. The number of hydrogen-bond acceptors (Lipinski definition) is 2. The van der Waals surface area contributed by atoms with Crippen LogP contribution in [-0.4, -0.2) is 15.6 Å². The summed E-state index contributed by atoms with van der Waals surface area (Å²) in [5.74, 6) is 0.100. The summed E-state index contributed by atoms with van der Waals surface area (Å²) < 4.78 is 1.74. The van der Waals surface area contributed by atoms with Crippen molar-refractivity contribution in [3.63, 3.8) is 0 Å². The fourth-order valence-electron chi connectivity index (χ4n) is 1.09. The molecule has 0 aliphatic heterocycles. The van der Waals surface area contributed by atoms with Gasteiger partial charge in [0.05, 0.1) is 5.69 Å². The van der Waals surface area contributed by atoms with Gasteiger partial charge in [0, 0.05) is 18.8 Å². The molecular weight excluding hydrogens is 164 g/mol. The highest BCUT2D eigenvalue weighted by Crippen LogP contribution is 2.10. The van der Waals surface area contributed by atoms with Crippen molar-refractivity contribution in [3.05, 3.63) is 23.0 Å². The van der Waals surface area contributed by atoms with Crippen molar-refractivity contribution in [2.24, 2.45) is 7.05 Å². The van der Waals surface area contributed by atoms with Crippen molar-refractivity contribution in [1.82, 2.24) is 9.78 Å². The minimum atomic E-state index is 0.100. The highest BCUT2D eigenvalue weighted by atomic mass is 16.1. The number of allylic oxidation sites excluding steroid dienone is 1. The molecule has 1 rings (SSSR count). The molecule has 0 bridgehead atoms. The van der Waals surface area contributed by atoms with Crippen molar-refractivity contribution in [1.29, 1.82) is 0 Å². The van der Waals surface area contributed by atoms with E-state index < -0.39 is 0 Å². The minimum Gasteiger partial charge on any atom is -0.295 e. The summed E-state index contributed by atoms with van der Waals surface area (Å²) in [5, 5.41) is 4.18. The van der Waals surface area contributed by atoms with Crippen molar-refractivity contribution in [2.75, 3.05) is 0 Å². The van der Waals surface area contributed by atoms with E-state index in [2.05, 4.69) is 5.10 Å². The van der Waals surface area contributed by atoms with Gasteiger partial charge in [0.1, 0.15) is 0 Å². The second kappa shape index (κ2) is 3.56. The van der Waals surface area contributed by atoms with Crippen molar-refractivity contribution >= 4 is 11.9 Å². The van der Waals surface area contributed by atoms with Crippen molar-refractivity contribution in [2.45, 2.75) is 20.8 Å². The number of carbonyl (C=O) groups is 1. The summed E-state index contributed by atoms with van der Waals surface area (Å²) in [6, 6.07) is 0. The number of ketones is 1. The van der Waals surface area contributed by atoms with Gasteiger partial charge in [-0.2, -0.15) is 5.10 Å². The number of aromatic nitrogens is 2. The number of Topliss-reactive ketones (excluding diaryl/α,β-unsaturated/α-hetero) is 1. The molecule has 0 spiro atoms. The van der Waals surface area contributed by atoms with Crippen LogP contribution in [0, 0.1) is 6.92 Å². The van der Waals surface area contributed by atoms with Crippen molar-refractivity contribution < 1.29 is 4.79 Å².